The number of allylic oxidation sites excluding steroid dienone is 1. The summed E-state index contributed by atoms with van der Waals surface area (Å²) in [5.74, 6) is 0. The fourth-order valence-corrected chi connectivity index (χ4v) is 1.74. The average molecular weight is 278 g/mol. The molecule has 0 radical (unpaired) electrons. The van der Waals surface area contributed by atoms with Gasteiger partial charge >= 0.3 is 0 Å². The highest BCUT2D eigenvalue weighted by molar-refractivity contribution is 6.37. The molecule has 0 saturated carbocycles. The summed E-state index contributed by atoms with van der Waals surface area (Å²) in [6, 6.07) is 5.45. The highest BCUT2D eigenvalue weighted by atomic mass is 35.5. The SMILES string of the molecule is CC(C)(C)C(Cl)/C=C/c1c(Cl)cccc1Cl. The van der Waals surface area contributed by atoms with Gasteiger partial charge in [-0.05, 0) is 17.5 Å². The number of hydrogen-bond acceptors (Lipinski definition) is 0. The van der Waals surface area contributed by atoms with Gasteiger partial charge in [-0.1, -0.05) is 62.2 Å². The van der Waals surface area contributed by atoms with E-state index in [1.54, 1.807) is 0 Å². The summed E-state index contributed by atoms with van der Waals surface area (Å²) in [7, 11) is 0. The standard InChI is InChI=1S/C13H15Cl3/c1-13(2,3)12(16)8-7-9-10(14)5-4-6-11(9)15/h4-8,12H,1-3H3/b8-7+. The zero-order valence-electron chi connectivity index (χ0n) is 9.60. The molecule has 1 aromatic rings. The van der Waals surface area contributed by atoms with E-state index in [0.29, 0.717) is 10.0 Å². The summed E-state index contributed by atoms with van der Waals surface area (Å²) in [6.45, 7) is 6.26. The van der Waals surface area contributed by atoms with Gasteiger partial charge in [0.2, 0.25) is 0 Å². The fraction of sp³-hybridized carbons (Fsp3) is 0.385. The van der Waals surface area contributed by atoms with Gasteiger partial charge in [-0.25, -0.2) is 0 Å². The van der Waals surface area contributed by atoms with Crippen molar-refractivity contribution in [1.82, 2.24) is 0 Å². The third-order valence-corrected chi connectivity index (χ3v) is 3.72. The lowest BCUT2D eigenvalue weighted by Crippen LogP contribution is -2.17. The Bertz CT molecular complexity index is 368. The molecular formula is C13H15Cl3. The quantitative estimate of drug-likeness (QED) is 0.612. The molecule has 16 heavy (non-hydrogen) atoms. The molecule has 0 aliphatic carbocycles. The van der Waals surface area contributed by atoms with E-state index >= 15 is 0 Å². The minimum atomic E-state index is -0.0557. The van der Waals surface area contributed by atoms with Gasteiger partial charge in [0.15, 0.2) is 0 Å². The first-order valence-corrected chi connectivity index (χ1v) is 6.28. The molecule has 1 aromatic carbocycles. The van der Waals surface area contributed by atoms with Gasteiger partial charge in [0, 0.05) is 15.6 Å². The van der Waals surface area contributed by atoms with Crippen molar-refractivity contribution < 1.29 is 0 Å². The lowest BCUT2D eigenvalue weighted by molar-refractivity contribution is 0.428. The summed E-state index contributed by atoms with van der Waals surface area (Å²) in [6.07, 6.45) is 3.81. The Morgan fingerprint density at radius 3 is 2.06 bits per heavy atom. The number of benzene rings is 1. The maximum atomic E-state index is 6.24. The van der Waals surface area contributed by atoms with Crippen LogP contribution in [-0.4, -0.2) is 5.38 Å². The van der Waals surface area contributed by atoms with Crippen LogP contribution in [0, 0.1) is 5.41 Å². The summed E-state index contributed by atoms with van der Waals surface area (Å²) in [5, 5.41) is 1.22. The smallest absolute Gasteiger partial charge is 0.0567 e. The van der Waals surface area contributed by atoms with E-state index in [4.69, 9.17) is 34.8 Å². The van der Waals surface area contributed by atoms with Crippen molar-refractivity contribution in [3.8, 4) is 0 Å². The maximum Gasteiger partial charge on any atom is 0.0567 e. The number of hydrogen-bond donors (Lipinski definition) is 0. The zero-order valence-corrected chi connectivity index (χ0v) is 11.9. The van der Waals surface area contributed by atoms with E-state index in [9.17, 15) is 0 Å². The molecule has 0 heterocycles. The number of halogens is 3. The Hall–Kier alpha value is -0.170. The second kappa shape index (κ2) is 5.44. The van der Waals surface area contributed by atoms with Crippen LogP contribution in [0.5, 0.6) is 0 Å². The van der Waals surface area contributed by atoms with Gasteiger partial charge in [-0.15, -0.1) is 11.6 Å². The highest BCUT2D eigenvalue weighted by Gasteiger charge is 2.19. The van der Waals surface area contributed by atoms with Crippen molar-refractivity contribution in [3.05, 3.63) is 39.9 Å². The van der Waals surface area contributed by atoms with Crippen LogP contribution in [0.3, 0.4) is 0 Å². The van der Waals surface area contributed by atoms with Crippen molar-refractivity contribution in [2.75, 3.05) is 0 Å². The van der Waals surface area contributed by atoms with Crippen LogP contribution in [0.2, 0.25) is 10.0 Å². The molecule has 0 amide bonds. The predicted octanol–water partition coefficient (Wildman–Crippen LogP) is 5.66. The van der Waals surface area contributed by atoms with Crippen molar-refractivity contribution >= 4 is 40.9 Å². The van der Waals surface area contributed by atoms with Gasteiger partial charge in [0.05, 0.1) is 5.38 Å². The third-order valence-electron chi connectivity index (χ3n) is 2.26. The van der Waals surface area contributed by atoms with Crippen molar-refractivity contribution in [3.63, 3.8) is 0 Å². The van der Waals surface area contributed by atoms with E-state index in [0.717, 1.165) is 5.56 Å². The van der Waals surface area contributed by atoms with Crippen molar-refractivity contribution in [2.24, 2.45) is 5.41 Å². The van der Waals surface area contributed by atoms with Crippen LogP contribution < -0.4 is 0 Å². The lowest BCUT2D eigenvalue weighted by Gasteiger charge is -2.22. The van der Waals surface area contributed by atoms with E-state index in [1.165, 1.54) is 0 Å². The minimum Gasteiger partial charge on any atom is -0.118 e. The second-order valence-electron chi connectivity index (χ2n) is 4.76. The molecule has 1 atom stereocenters. The van der Waals surface area contributed by atoms with Gasteiger partial charge in [-0.3, -0.25) is 0 Å². The molecule has 0 fully saturated rings. The topological polar surface area (TPSA) is 0 Å². The van der Waals surface area contributed by atoms with Crippen LogP contribution in [0.25, 0.3) is 6.08 Å². The van der Waals surface area contributed by atoms with Gasteiger partial charge < -0.3 is 0 Å². The first-order valence-electron chi connectivity index (χ1n) is 5.08. The van der Waals surface area contributed by atoms with Crippen LogP contribution in [0.4, 0.5) is 0 Å². The predicted molar refractivity (Wildman–Crippen MR) is 74.6 cm³/mol. The molecule has 0 N–H and O–H groups in total. The van der Waals surface area contributed by atoms with Gasteiger partial charge in [0.25, 0.3) is 0 Å². The van der Waals surface area contributed by atoms with Crippen LogP contribution in [-0.2, 0) is 0 Å². The van der Waals surface area contributed by atoms with Crippen LogP contribution in [0.1, 0.15) is 26.3 Å². The average Bonchev–Trinajstić information content (AvgIpc) is 2.15. The van der Waals surface area contributed by atoms with E-state index in [1.807, 2.05) is 30.4 Å². The third kappa shape index (κ3) is 3.69. The Kier molecular flexibility index (Phi) is 4.73. The molecular weight excluding hydrogens is 263 g/mol. The zero-order chi connectivity index (χ0) is 12.3. The number of rotatable bonds is 2. The van der Waals surface area contributed by atoms with Gasteiger partial charge in [0.1, 0.15) is 0 Å². The Morgan fingerprint density at radius 2 is 1.62 bits per heavy atom. The van der Waals surface area contributed by atoms with Crippen LogP contribution in [0.15, 0.2) is 24.3 Å². The normalized spacial score (nSPS) is 14.4. The molecule has 0 nitrogen and oxygen atoms in total. The molecule has 0 spiro atoms. The fourth-order valence-electron chi connectivity index (χ4n) is 1.14. The second-order valence-corrected chi connectivity index (χ2v) is 6.05. The Labute approximate surface area is 112 Å². The molecule has 3 heteroatoms. The van der Waals surface area contributed by atoms with Gasteiger partial charge in [-0.2, -0.15) is 0 Å². The molecule has 0 saturated heterocycles. The minimum absolute atomic E-state index is 0.0196. The first-order chi connectivity index (χ1) is 7.32. The first kappa shape index (κ1) is 13.9. The summed E-state index contributed by atoms with van der Waals surface area (Å²) >= 11 is 18.3. The number of alkyl halides is 1. The lowest BCUT2D eigenvalue weighted by atomic mass is 9.91. The molecule has 1 unspecified atom stereocenters. The molecule has 88 valence electrons. The molecule has 0 bridgehead atoms. The largest absolute Gasteiger partial charge is 0.118 e. The summed E-state index contributed by atoms with van der Waals surface area (Å²) in [5.41, 5.74) is 0.840. The van der Waals surface area contributed by atoms with Crippen molar-refractivity contribution in [1.29, 1.82) is 0 Å². The monoisotopic (exact) mass is 276 g/mol. The van der Waals surface area contributed by atoms with Crippen LogP contribution >= 0.6 is 34.8 Å². The van der Waals surface area contributed by atoms with E-state index in [2.05, 4.69) is 20.8 Å². The maximum absolute atomic E-state index is 6.24. The summed E-state index contributed by atoms with van der Waals surface area (Å²) in [4.78, 5) is 0. The molecule has 0 aromatic heterocycles. The van der Waals surface area contributed by atoms with E-state index < -0.39 is 0 Å². The molecule has 0 aliphatic heterocycles. The molecule has 1 rings (SSSR count). The van der Waals surface area contributed by atoms with Crippen molar-refractivity contribution in [2.45, 2.75) is 26.1 Å². The summed E-state index contributed by atoms with van der Waals surface area (Å²) < 4.78 is 0. The Balaban J connectivity index is 2.93. The molecule has 0 aliphatic rings. The highest BCUT2D eigenvalue weighted by Crippen LogP contribution is 2.29. The van der Waals surface area contributed by atoms with E-state index in [-0.39, 0.29) is 10.8 Å². The Morgan fingerprint density at radius 1 is 1.12 bits per heavy atom.